The molecule has 3 rings (SSSR count). The number of carbonyl (C=O) groups excluding carboxylic acids is 1. The van der Waals surface area contributed by atoms with E-state index >= 15 is 0 Å². The van der Waals surface area contributed by atoms with Gasteiger partial charge in [-0.3, -0.25) is 4.79 Å². The number of carbonyl (C=O) groups is 2. The molecule has 0 aromatic heterocycles. The topological polar surface area (TPSA) is 83.8 Å². The number of phenolic OH excluding ortho intramolecular Hbond substituents is 1. The summed E-state index contributed by atoms with van der Waals surface area (Å²) in [7, 11) is 0. The Morgan fingerprint density at radius 1 is 1.15 bits per heavy atom. The number of carboxylic acids is 1. The number of rotatable bonds is 3. The fourth-order valence-electron chi connectivity index (χ4n) is 2.83. The average Bonchev–Trinajstić information content (AvgIpc) is 2.59. The van der Waals surface area contributed by atoms with Gasteiger partial charge in [0.15, 0.2) is 5.78 Å². The van der Waals surface area contributed by atoms with Crippen molar-refractivity contribution >= 4 is 11.8 Å². The van der Waals surface area contributed by atoms with Gasteiger partial charge >= 0.3 is 12.1 Å². The summed E-state index contributed by atoms with van der Waals surface area (Å²) in [6, 6.07) is 5.57. The van der Waals surface area contributed by atoms with Gasteiger partial charge in [0, 0.05) is 17.1 Å². The van der Waals surface area contributed by atoms with Crippen molar-refractivity contribution in [2.75, 3.05) is 0 Å². The number of aromatic hydroxyl groups is 1. The molecule has 0 amide bonds. The molecule has 2 unspecified atom stereocenters. The summed E-state index contributed by atoms with van der Waals surface area (Å²) < 4.78 is 43.9. The molecule has 1 heterocycles. The number of Topliss-reactive ketones (excluding diaryl/α,β-unsaturated/α-hetero) is 1. The summed E-state index contributed by atoms with van der Waals surface area (Å²) in [5, 5.41) is 18.3. The van der Waals surface area contributed by atoms with E-state index in [9.17, 15) is 27.9 Å². The fraction of sp³-hybridized carbons (Fsp3) is 0.222. The highest BCUT2D eigenvalue weighted by Gasteiger charge is 2.49. The van der Waals surface area contributed by atoms with Crippen LogP contribution in [0, 0.1) is 5.92 Å². The molecule has 2 N–H and O–H groups in total. The smallest absolute Gasteiger partial charge is 0.430 e. The first kappa shape index (κ1) is 17.8. The molecule has 5 nitrogen and oxygen atoms in total. The van der Waals surface area contributed by atoms with Crippen LogP contribution >= 0.6 is 0 Å². The zero-order valence-electron chi connectivity index (χ0n) is 13.2. The first-order valence-corrected chi connectivity index (χ1v) is 7.60. The molecule has 0 saturated heterocycles. The van der Waals surface area contributed by atoms with E-state index in [1.807, 2.05) is 0 Å². The number of allylic oxidation sites excluding steroid dienone is 3. The van der Waals surface area contributed by atoms with Gasteiger partial charge in [0.1, 0.15) is 11.5 Å². The predicted molar refractivity (Wildman–Crippen MR) is 83.4 cm³/mol. The molecule has 1 aliphatic heterocycles. The molecule has 26 heavy (non-hydrogen) atoms. The Hall–Kier alpha value is -3.03. The molecular weight excluding hydrogens is 353 g/mol. The van der Waals surface area contributed by atoms with E-state index < -0.39 is 29.7 Å². The Kier molecular flexibility index (Phi) is 4.35. The fourth-order valence-corrected chi connectivity index (χ4v) is 2.83. The van der Waals surface area contributed by atoms with Gasteiger partial charge in [0.05, 0.1) is 5.57 Å². The Bertz CT molecular complexity index is 847. The summed E-state index contributed by atoms with van der Waals surface area (Å²) in [5.74, 6) is -2.79. The van der Waals surface area contributed by atoms with Crippen molar-refractivity contribution in [1.29, 1.82) is 0 Å². The molecule has 1 aromatic carbocycles. The van der Waals surface area contributed by atoms with Crippen molar-refractivity contribution in [2.45, 2.75) is 18.7 Å². The molecule has 2 aliphatic rings. The van der Waals surface area contributed by atoms with Gasteiger partial charge in [-0.1, -0.05) is 6.08 Å². The minimum Gasteiger partial charge on any atom is -0.508 e. The Morgan fingerprint density at radius 3 is 2.38 bits per heavy atom. The van der Waals surface area contributed by atoms with Gasteiger partial charge in [-0.05, 0) is 42.8 Å². The van der Waals surface area contributed by atoms with Crippen LogP contribution in [0.4, 0.5) is 13.2 Å². The molecule has 8 heteroatoms. The van der Waals surface area contributed by atoms with E-state index in [1.54, 1.807) is 0 Å². The van der Waals surface area contributed by atoms with Crippen LogP contribution < -0.4 is 0 Å². The summed E-state index contributed by atoms with van der Waals surface area (Å²) in [6.07, 6.45) is -3.64. The highest BCUT2D eigenvalue weighted by Crippen LogP contribution is 2.39. The Balaban J connectivity index is 1.93. The second kappa shape index (κ2) is 6.36. The molecule has 2 atom stereocenters. The average molecular weight is 366 g/mol. The lowest BCUT2D eigenvalue weighted by atomic mass is 9.86. The number of fused-ring (bicyclic) bond motifs is 1. The maximum Gasteiger partial charge on any atom is 0.430 e. The van der Waals surface area contributed by atoms with E-state index in [2.05, 4.69) is 0 Å². The van der Waals surface area contributed by atoms with Crippen molar-refractivity contribution in [3.8, 4) is 5.75 Å². The van der Waals surface area contributed by atoms with E-state index in [4.69, 9.17) is 9.84 Å². The van der Waals surface area contributed by atoms with Crippen molar-refractivity contribution < 1.29 is 37.7 Å². The second-order valence-electron chi connectivity index (χ2n) is 5.89. The number of benzene rings is 1. The normalized spacial score (nSPS) is 22.3. The molecule has 0 saturated carbocycles. The molecule has 1 aliphatic carbocycles. The van der Waals surface area contributed by atoms with Gasteiger partial charge in [0.25, 0.3) is 0 Å². The summed E-state index contributed by atoms with van der Waals surface area (Å²) in [5.41, 5.74) is -0.473. The zero-order chi connectivity index (χ0) is 19.1. The van der Waals surface area contributed by atoms with Gasteiger partial charge in [-0.2, -0.15) is 13.2 Å². The number of carboxylic acid groups (broad SMARTS) is 1. The third-order valence-corrected chi connectivity index (χ3v) is 4.09. The lowest BCUT2D eigenvalue weighted by molar-refractivity contribution is -0.200. The Morgan fingerprint density at radius 2 is 1.81 bits per heavy atom. The van der Waals surface area contributed by atoms with Crippen LogP contribution in [0.5, 0.6) is 5.75 Å². The lowest BCUT2D eigenvalue weighted by Crippen LogP contribution is -2.39. The first-order chi connectivity index (χ1) is 12.2. The van der Waals surface area contributed by atoms with E-state index in [1.165, 1.54) is 36.4 Å². The Labute approximate surface area is 145 Å². The maximum atomic E-state index is 13.0. The standard InChI is InChI=1S/C18H13F3O5/c19-18(20,21)16-13(17(24)25)8-11-7-10(3-6-14(11)26-16)15(23)9-1-4-12(22)5-2-9/h1-2,4-8,10,16,22H,3H2,(H,24,25). The van der Waals surface area contributed by atoms with Crippen LogP contribution in [0.25, 0.3) is 0 Å². The first-order valence-electron chi connectivity index (χ1n) is 7.60. The number of ether oxygens (including phenoxy) is 1. The number of ketones is 1. The van der Waals surface area contributed by atoms with Crippen LogP contribution in [0.3, 0.4) is 0 Å². The number of alkyl halides is 3. The van der Waals surface area contributed by atoms with Crippen LogP contribution in [-0.2, 0) is 9.53 Å². The van der Waals surface area contributed by atoms with Gasteiger partial charge in [-0.15, -0.1) is 0 Å². The number of hydrogen-bond acceptors (Lipinski definition) is 4. The largest absolute Gasteiger partial charge is 0.508 e. The van der Waals surface area contributed by atoms with Crippen molar-refractivity contribution in [3.63, 3.8) is 0 Å². The molecule has 0 radical (unpaired) electrons. The lowest BCUT2D eigenvalue weighted by Gasteiger charge is -2.30. The molecule has 0 spiro atoms. The quantitative estimate of drug-likeness (QED) is 0.802. The summed E-state index contributed by atoms with van der Waals surface area (Å²) in [6.45, 7) is 0. The third-order valence-electron chi connectivity index (χ3n) is 4.09. The SMILES string of the molecule is O=C(O)C1=CC2=CC(C(=O)c3ccc(O)cc3)CC=C2OC1C(F)(F)F. The second-order valence-corrected chi connectivity index (χ2v) is 5.89. The van der Waals surface area contributed by atoms with Crippen LogP contribution in [0.2, 0.25) is 0 Å². The minimum atomic E-state index is -4.87. The van der Waals surface area contributed by atoms with Crippen molar-refractivity contribution in [1.82, 2.24) is 0 Å². The number of aliphatic carboxylic acids is 1. The zero-order valence-corrected chi connectivity index (χ0v) is 13.2. The molecule has 1 aromatic rings. The van der Waals surface area contributed by atoms with E-state index in [-0.39, 0.29) is 29.3 Å². The molecule has 0 fully saturated rings. The third kappa shape index (κ3) is 3.35. The van der Waals surface area contributed by atoms with Gasteiger partial charge in [0.2, 0.25) is 6.10 Å². The van der Waals surface area contributed by atoms with Crippen LogP contribution in [-0.4, -0.2) is 34.2 Å². The predicted octanol–water partition coefficient (Wildman–Crippen LogP) is 3.38. The van der Waals surface area contributed by atoms with Crippen molar-refractivity contribution in [2.24, 2.45) is 5.92 Å². The summed E-state index contributed by atoms with van der Waals surface area (Å²) in [4.78, 5) is 23.7. The highest BCUT2D eigenvalue weighted by molar-refractivity contribution is 5.99. The molecular formula is C18H13F3O5. The van der Waals surface area contributed by atoms with Gasteiger partial charge < -0.3 is 14.9 Å². The van der Waals surface area contributed by atoms with Crippen LogP contribution in [0.1, 0.15) is 16.8 Å². The molecule has 136 valence electrons. The monoisotopic (exact) mass is 366 g/mol. The van der Waals surface area contributed by atoms with Crippen LogP contribution in [0.15, 0.2) is 59.4 Å². The van der Waals surface area contributed by atoms with Gasteiger partial charge in [-0.25, -0.2) is 4.79 Å². The number of halogens is 3. The molecule has 0 bridgehead atoms. The van der Waals surface area contributed by atoms with E-state index in [0.717, 1.165) is 6.08 Å². The maximum absolute atomic E-state index is 13.0. The highest BCUT2D eigenvalue weighted by atomic mass is 19.4. The van der Waals surface area contributed by atoms with Crippen molar-refractivity contribution in [3.05, 3.63) is 65.0 Å². The number of phenols is 1. The minimum absolute atomic E-state index is 0.00126. The van der Waals surface area contributed by atoms with E-state index in [0.29, 0.717) is 5.56 Å². The summed E-state index contributed by atoms with van der Waals surface area (Å²) >= 11 is 0. The number of hydrogen-bond donors (Lipinski definition) is 2.